The van der Waals surface area contributed by atoms with Crippen LogP contribution in [0.25, 0.3) is 5.76 Å². The molecule has 2 amide bonds. The number of hydrogen-bond acceptors (Lipinski definition) is 5. The number of nitrogens with zero attached hydrogens (tertiary/aromatic N) is 3. The maximum atomic E-state index is 14.4. The Hall–Kier alpha value is -3.52. The molecule has 1 fully saturated rings. The van der Waals surface area contributed by atoms with Gasteiger partial charge in [0.2, 0.25) is 0 Å². The number of ketones is 1. The lowest BCUT2D eigenvalue weighted by atomic mass is 9.82. The number of rotatable bonds is 7. The minimum atomic E-state index is -1.82. The first-order valence-corrected chi connectivity index (χ1v) is 11.8. The Morgan fingerprint density at radius 1 is 1.09 bits per heavy atom. The third-order valence-corrected chi connectivity index (χ3v) is 6.76. The van der Waals surface area contributed by atoms with Crippen molar-refractivity contribution >= 4 is 29.0 Å². The van der Waals surface area contributed by atoms with Crippen molar-refractivity contribution in [2.75, 3.05) is 38.6 Å². The van der Waals surface area contributed by atoms with Crippen molar-refractivity contribution in [3.63, 3.8) is 0 Å². The first kappa shape index (κ1) is 24.6. The van der Waals surface area contributed by atoms with Crippen LogP contribution in [0, 0.1) is 12.7 Å². The number of hydrogen-bond donors (Lipinski definition) is 1. The summed E-state index contributed by atoms with van der Waals surface area (Å²) in [5.41, 5.74) is -0.663. The van der Waals surface area contributed by atoms with Crippen molar-refractivity contribution in [2.24, 2.45) is 0 Å². The molecule has 2 aromatic carbocycles. The van der Waals surface area contributed by atoms with Gasteiger partial charge in [-0.05, 0) is 45.1 Å². The van der Waals surface area contributed by atoms with Crippen molar-refractivity contribution in [3.8, 4) is 0 Å². The summed E-state index contributed by atoms with van der Waals surface area (Å²) in [6.45, 7) is 4.50. The molecule has 2 heterocycles. The molecule has 8 heteroatoms. The van der Waals surface area contributed by atoms with Gasteiger partial charge in [-0.15, -0.1) is 0 Å². The van der Waals surface area contributed by atoms with Gasteiger partial charge in [0.05, 0.1) is 11.3 Å². The summed E-state index contributed by atoms with van der Waals surface area (Å²) in [6.07, 6.45) is 1.57. The van der Waals surface area contributed by atoms with E-state index in [0.29, 0.717) is 29.9 Å². The van der Waals surface area contributed by atoms with E-state index < -0.39 is 34.7 Å². The molecule has 0 bridgehead atoms. The predicted molar refractivity (Wildman–Crippen MR) is 131 cm³/mol. The number of para-hydroxylation sites is 1. The Labute approximate surface area is 204 Å². The van der Waals surface area contributed by atoms with Gasteiger partial charge in [0.25, 0.3) is 17.6 Å². The van der Waals surface area contributed by atoms with Crippen LogP contribution < -0.4 is 4.90 Å². The van der Waals surface area contributed by atoms with Gasteiger partial charge in [-0.25, -0.2) is 4.39 Å². The molecular formula is C27H30FN3O4. The van der Waals surface area contributed by atoms with Gasteiger partial charge in [0, 0.05) is 30.8 Å². The number of Topliss-reactive ketones (excluding diaryl/α,β-unsaturated/α-hetero) is 1. The molecule has 1 unspecified atom stereocenters. The largest absolute Gasteiger partial charge is 0.507 e. The van der Waals surface area contributed by atoms with Crippen LogP contribution in [-0.2, 0) is 19.9 Å². The number of aliphatic hydroxyl groups is 1. The fourth-order valence-electron chi connectivity index (χ4n) is 4.89. The normalized spacial score (nSPS) is 21.0. The smallest absolute Gasteiger partial charge is 0.296 e. The van der Waals surface area contributed by atoms with Gasteiger partial charge in [-0.1, -0.05) is 43.7 Å². The summed E-state index contributed by atoms with van der Waals surface area (Å²) in [4.78, 5) is 45.8. The number of aryl methyl sites for hydroxylation is 1. The summed E-state index contributed by atoms with van der Waals surface area (Å²) in [5.74, 6) is -3.40. The topological polar surface area (TPSA) is 81.2 Å². The van der Waals surface area contributed by atoms with Crippen molar-refractivity contribution < 1.29 is 23.9 Å². The zero-order chi connectivity index (χ0) is 25.5. The summed E-state index contributed by atoms with van der Waals surface area (Å²) < 4.78 is 14.4. The van der Waals surface area contributed by atoms with E-state index in [0.717, 1.165) is 18.9 Å². The lowest BCUT2D eigenvalue weighted by Gasteiger charge is -2.35. The second-order valence-corrected chi connectivity index (χ2v) is 9.31. The van der Waals surface area contributed by atoms with Crippen LogP contribution in [0.1, 0.15) is 36.5 Å². The van der Waals surface area contributed by atoms with E-state index in [1.165, 1.54) is 17.0 Å². The van der Waals surface area contributed by atoms with E-state index in [9.17, 15) is 23.9 Å². The van der Waals surface area contributed by atoms with E-state index in [1.54, 1.807) is 36.1 Å². The van der Waals surface area contributed by atoms with E-state index in [-0.39, 0.29) is 17.7 Å². The first-order valence-electron chi connectivity index (χ1n) is 11.8. The molecule has 7 nitrogen and oxygen atoms in total. The molecule has 4 rings (SSSR count). The average molecular weight is 480 g/mol. The highest BCUT2D eigenvalue weighted by molar-refractivity contribution is 6.50. The van der Waals surface area contributed by atoms with Crippen LogP contribution >= 0.6 is 0 Å². The summed E-state index contributed by atoms with van der Waals surface area (Å²) in [6, 6.07) is 11.1. The molecule has 1 spiro atoms. The Bertz CT molecular complexity index is 1240. The maximum Gasteiger partial charge on any atom is 0.296 e. The van der Waals surface area contributed by atoms with Gasteiger partial charge < -0.3 is 19.8 Å². The van der Waals surface area contributed by atoms with Crippen molar-refractivity contribution in [3.05, 3.63) is 70.5 Å². The number of carbonyl (C=O) groups is 3. The molecule has 0 saturated carbocycles. The molecule has 2 aliphatic heterocycles. The number of likely N-dealkylation sites (tertiary alicyclic amines) is 1. The minimum absolute atomic E-state index is 0.0374. The molecular weight excluding hydrogens is 449 g/mol. The average Bonchev–Trinajstić information content (AvgIpc) is 3.20. The summed E-state index contributed by atoms with van der Waals surface area (Å²) in [7, 11) is 3.66. The zero-order valence-corrected chi connectivity index (χ0v) is 20.5. The molecule has 1 N–H and O–H groups in total. The lowest BCUT2D eigenvalue weighted by molar-refractivity contribution is -0.143. The van der Waals surface area contributed by atoms with Crippen LogP contribution in [0.3, 0.4) is 0 Å². The molecule has 1 saturated heterocycles. The van der Waals surface area contributed by atoms with Crippen molar-refractivity contribution in [1.82, 2.24) is 9.80 Å². The second kappa shape index (κ2) is 9.26. The molecule has 1 atom stereocenters. The number of likely N-dealkylation sites (N-methyl/N-ethyl adjacent to an activating group) is 1. The third kappa shape index (κ3) is 3.72. The highest BCUT2D eigenvalue weighted by Gasteiger charge is 2.66. The van der Waals surface area contributed by atoms with Crippen LogP contribution in [0.5, 0.6) is 0 Å². The lowest BCUT2D eigenvalue weighted by Crippen LogP contribution is -2.53. The molecule has 0 aromatic heterocycles. The highest BCUT2D eigenvalue weighted by atomic mass is 19.1. The Balaban J connectivity index is 2.03. The van der Waals surface area contributed by atoms with Crippen LogP contribution in [0.2, 0.25) is 0 Å². The highest BCUT2D eigenvalue weighted by Crippen LogP contribution is 2.53. The van der Waals surface area contributed by atoms with E-state index in [4.69, 9.17) is 0 Å². The third-order valence-electron chi connectivity index (χ3n) is 6.76. The number of benzene rings is 2. The maximum absolute atomic E-state index is 14.4. The van der Waals surface area contributed by atoms with E-state index in [1.807, 2.05) is 25.9 Å². The van der Waals surface area contributed by atoms with Crippen molar-refractivity contribution in [2.45, 2.75) is 32.2 Å². The fourth-order valence-corrected chi connectivity index (χ4v) is 4.89. The van der Waals surface area contributed by atoms with Gasteiger partial charge in [-0.2, -0.15) is 0 Å². The predicted octanol–water partition coefficient (Wildman–Crippen LogP) is 3.42. The van der Waals surface area contributed by atoms with E-state index >= 15 is 0 Å². The Morgan fingerprint density at radius 3 is 2.46 bits per heavy atom. The number of halogens is 1. The monoisotopic (exact) mass is 479 g/mol. The molecule has 0 aliphatic carbocycles. The number of amides is 2. The number of anilines is 1. The molecule has 2 aliphatic rings. The second-order valence-electron chi connectivity index (χ2n) is 9.31. The summed E-state index contributed by atoms with van der Waals surface area (Å²) >= 11 is 0. The fraction of sp³-hybridized carbons (Fsp3) is 0.370. The van der Waals surface area contributed by atoms with Crippen LogP contribution in [0.4, 0.5) is 10.1 Å². The van der Waals surface area contributed by atoms with Crippen molar-refractivity contribution in [1.29, 1.82) is 0 Å². The first-order chi connectivity index (χ1) is 16.7. The zero-order valence-electron chi connectivity index (χ0n) is 20.5. The summed E-state index contributed by atoms with van der Waals surface area (Å²) in [5, 5.41) is 11.4. The Morgan fingerprint density at radius 2 is 1.80 bits per heavy atom. The molecule has 0 radical (unpaired) electrons. The van der Waals surface area contributed by atoms with Crippen LogP contribution in [0.15, 0.2) is 48.0 Å². The number of unbranched alkanes of at least 4 members (excludes halogenated alkanes) is 1. The SMILES string of the molecule is CCCCN1C(=O)C2(C(=C(O)c3ccc(C)c(F)c3)C(=O)C(=O)N2CCN(C)C)c2ccccc21. The standard InChI is InChI=1S/C27H30FN3O4/c1-5-6-13-30-21-10-8-7-9-19(21)27(26(30)35)22(23(32)18-12-11-17(2)20(28)16-18)24(33)25(34)31(27)15-14-29(3)4/h7-12,16,32H,5-6,13-15H2,1-4H3. The van der Waals surface area contributed by atoms with Crippen LogP contribution in [-0.4, -0.2) is 66.2 Å². The van der Waals surface area contributed by atoms with Gasteiger partial charge in [0.1, 0.15) is 11.6 Å². The van der Waals surface area contributed by atoms with Gasteiger partial charge in [0.15, 0.2) is 5.54 Å². The quantitative estimate of drug-likeness (QED) is 0.374. The Kier molecular flexibility index (Phi) is 6.51. The molecule has 184 valence electrons. The van der Waals surface area contributed by atoms with E-state index in [2.05, 4.69) is 0 Å². The number of aliphatic hydroxyl groups excluding tert-OH is 1. The van der Waals surface area contributed by atoms with Gasteiger partial charge in [-0.3, -0.25) is 14.4 Å². The number of carbonyl (C=O) groups excluding carboxylic acids is 3. The van der Waals surface area contributed by atoms with Gasteiger partial charge >= 0.3 is 0 Å². The molecule has 2 aromatic rings. The number of fused-ring (bicyclic) bond motifs is 2. The minimum Gasteiger partial charge on any atom is -0.507 e. The molecule has 35 heavy (non-hydrogen) atoms.